The molecule has 162 valence electrons. The summed E-state index contributed by atoms with van der Waals surface area (Å²) < 4.78 is 13.2. The summed E-state index contributed by atoms with van der Waals surface area (Å²) in [5.41, 5.74) is 2.45. The predicted molar refractivity (Wildman–Crippen MR) is 114 cm³/mol. The fourth-order valence-electron chi connectivity index (χ4n) is 4.79. The number of hydrogen-bond acceptors (Lipinski definition) is 6. The zero-order valence-corrected chi connectivity index (χ0v) is 18.1. The maximum atomic E-state index is 10.6. The topological polar surface area (TPSA) is 72.6 Å². The Hall–Kier alpha value is -2.38. The number of ether oxygens (including phenoxy) is 2. The lowest BCUT2D eigenvalue weighted by molar-refractivity contribution is 0.0304. The van der Waals surface area contributed by atoms with E-state index in [9.17, 15) is 5.11 Å². The summed E-state index contributed by atoms with van der Waals surface area (Å²) in [7, 11) is 1.68. The van der Waals surface area contributed by atoms with Gasteiger partial charge in [-0.25, -0.2) is 9.67 Å². The van der Waals surface area contributed by atoms with Crippen molar-refractivity contribution in [2.45, 2.75) is 45.4 Å². The Bertz CT molecular complexity index is 863. The van der Waals surface area contributed by atoms with Crippen LogP contribution in [-0.2, 0) is 6.54 Å². The molecule has 1 aromatic carbocycles. The van der Waals surface area contributed by atoms with E-state index >= 15 is 0 Å². The van der Waals surface area contributed by atoms with Gasteiger partial charge in [0.15, 0.2) is 11.5 Å². The average Bonchev–Trinajstić information content (AvgIpc) is 3.37. The van der Waals surface area contributed by atoms with Crippen molar-refractivity contribution in [3.05, 3.63) is 48.1 Å². The molecule has 7 heteroatoms. The van der Waals surface area contributed by atoms with Crippen LogP contribution in [0.15, 0.2) is 42.5 Å². The highest BCUT2D eigenvalue weighted by Crippen LogP contribution is 2.41. The van der Waals surface area contributed by atoms with E-state index in [0.717, 1.165) is 44.0 Å². The molecule has 2 fully saturated rings. The molecule has 2 aliphatic rings. The molecule has 7 nitrogen and oxygen atoms in total. The number of nitrogens with zero attached hydrogens (tertiary/aromatic N) is 4. The van der Waals surface area contributed by atoms with Crippen molar-refractivity contribution in [1.82, 2.24) is 19.7 Å². The number of aromatic nitrogens is 3. The lowest BCUT2D eigenvalue weighted by atomic mass is 9.77. The molecule has 1 saturated heterocycles. The number of benzene rings is 1. The molecule has 1 aliphatic carbocycles. The van der Waals surface area contributed by atoms with E-state index in [1.54, 1.807) is 19.8 Å². The van der Waals surface area contributed by atoms with Crippen molar-refractivity contribution < 1.29 is 14.6 Å². The Morgan fingerprint density at radius 2 is 2.00 bits per heavy atom. The molecular weight excluding hydrogens is 380 g/mol. The summed E-state index contributed by atoms with van der Waals surface area (Å²) in [5.74, 6) is 2.66. The molecule has 1 saturated carbocycles. The maximum absolute atomic E-state index is 10.6. The number of hydrogen-bond donors (Lipinski definition) is 1. The lowest BCUT2D eigenvalue weighted by Crippen LogP contribution is -2.36. The molecule has 0 radical (unpaired) electrons. The normalized spacial score (nSPS) is 26.3. The number of aliphatic hydroxyl groups excluding tert-OH is 1. The summed E-state index contributed by atoms with van der Waals surface area (Å²) in [6, 6.07) is 6.23. The molecule has 30 heavy (non-hydrogen) atoms. The summed E-state index contributed by atoms with van der Waals surface area (Å²) >= 11 is 0. The Morgan fingerprint density at radius 3 is 2.70 bits per heavy atom. The molecule has 2 heterocycles. The molecule has 4 rings (SSSR count). The smallest absolute Gasteiger partial charge is 0.161 e. The minimum atomic E-state index is -0.356. The van der Waals surface area contributed by atoms with Crippen molar-refractivity contribution >= 4 is 0 Å². The molecule has 1 aliphatic heterocycles. The first-order valence-electron chi connectivity index (χ1n) is 10.7. The molecule has 0 spiro atoms. The molecule has 2 aromatic rings. The van der Waals surface area contributed by atoms with Crippen molar-refractivity contribution in [3.63, 3.8) is 0 Å². The van der Waals surface area contributed by atoms with Gasteiger partial charge in [0.25, 0.3) is 0 Å². The van der Waals surface area contributed by atoms with Gasteiger partial charge in [0.2, 0.25) is 0 Å². The van der Waals surface area contributed by atoms with Crippen LogP contribution in [0.1, 0.15) is 38.3 Å². The van der Waals surface area contributed by atoms with Gasteiger partial charge < -0.3 is 14.6 Å². The van der Waals surface area contributed by atoms with Crippen LogP contribution in [0, 0.1) is 11.8 Å². The fraction of sp³-hybridized carbons (Fsp3) is 0.565. The van der Waals surface area contributed by atoms with Gasteiger partial charge in [-0.05, 0) is 62.3 Å². The van der Waals surface area contributed by atoms with Crippen molar-refractivity contribution in [1.29, 1.82) is 0 Å². The Balaban J connectivity index is 1.38. The van der Waals surface area contributed by atoms with Gasteiger partial charge in [-0.2, -0.15) is 5.10 Å². The van der Waals surface area contributed by atoms with Crippen LogP contribution >= 0.6 is 0 Å². The minimum Gasteiger partial charge on any atom is -0.493 e. The minimum absolute atomic E-state index is 0.0334. The highest BCUT2D eigenvalue weighted by Gasteiger charge is 2.42. The van der Waals surface area contributed by atoms with E-state index in [1.807, 2.05) is 10.7 Å². The van der Waals surface area contributed by atoms with Crippen LogP contribution in [0.25, 0.3) is 0 Å². The van der Waals surface area contributed by atoms with Gasteiger partial charge >= 0.3 is 0 Å². The van der Waals surface area contributed by atoms with E-state index in [2.05, 4.69) is 47.0 Å². The molecule has 0 unspecified atom stereocenters. The molecule has 4 atom stereocenters. The Morgan fingerprint density at radius 1 is 1.20 bits per heavy atom. The second-order valence-electron chi connectivity index (χ2n) is 8.77. The summed E-state index contributed by atoms with van der Waals surface area (Å²) in [5, 5.41) is 14.9. The van der Waals surface area contributed by atoms with Crippen LogP contribution in [0.2, 0.25) is 0 Å². The third-order valence-corrected chi connectivity index (χ3v) is 6.33. The van der Waals surface area contributed by atoms with Crippen molar-refractivity contribution in [2.24, 2.45) is 11.8 Å². The summed E-state index contributed by atoms with van der Waals surface area (Å²) in [6.45, 7) is 7.61. The first kappa shape index (κ1) is 20.9. The van der Waals surface area contributed by atoms with Crippen LogP contribution < -0.4 is 9.47 Å². The maximum Gasteiger partial charge on any atom is 0.161 e. The largest absolute Gasteiger partial charge is 0.493 e. The van der Waals surface area contributed by atoms with Gasteiger partial charge in [-0.1, -0.05) is 11.6 Å². The van der Waals surface area contributed by atoms with E-state index in [1.165, 1.54) is 11.1 Å². The summed E-state index contributed by atoms with van der Waals surface area (Å²) in [6.07, 6.45) is 6.73. The second-order valence-corrected chi connectivity index (χ2v) is 8.77. The fourth-order valence-corrected chi connectivity index (χ4v) is 4.79. The van der Waals surface area contributed by atoms with Gasteiger partial charge in [-0.3, -0.25) is 4.90 Å². The van der Waals surface area contributed by atoms with Crippen LogP contribution in [-0.4, -0.2) is 57.7 Å². The van der Waals surface area contributed by atoms with E-state index in [0.29, 0.717) is 18.4 Å². The SMILES string of the molecule is COc1cc(CN2C[C@H]3C[C@@H](n4cncn4)[C@H](O)C[C@H]3C2)ccc1OCC=C(C)C. The van der Waals surface area contributed by atoms with Gasteiger partial charge in [0, 0.05) is 19.6 Å². The van der Waals surface area contributed by atoms with E-state index < -0.39 is 0 Å². The van der Waals surface area contributed by atoms with Crippen LogP contribution in [0.4, 0.5) is 0 Å². The number of aliphatic hydroxyl groups is 1. The number of likely N-dealkylation sites (tertiary alicyclic amines) is 1. The van der Waals surface area contributed by atoms with Gasteiger partial charge in [0.1, 0.15) is 19.3 Å². The molecule has 1 aromatic heterocycles. The first-order chi connectivity index (χ1) is 14.5. The second kappa shape index (κ2) is 9.18. The van der Waals surface area contributed by atoms with Crippen LogP contribution in [0.5, 0.6) is 11.5 Å². The van der Waals surface area contributed by atoms with Gasteiger partial charge in [-0.15, -0.1) is 0 Å². The van der Waals surface area contributed by atoms with Crippen LogP contribution in [0.3, 0.4) is 0 Å². The summed E-state index contributed by atoms with van der Waals surface area (Å²) in [4.78, 5) is 6.53. The monoisotopic (exact) mass is 412 g/mol. The molecular formula is C23H32N4O3. The molecule has 0 bridgehead atoms. The van der Waals surface area contributed by atoms with E-state index in [4.69, 9.17) is 9.47 Å². The predicted octanol–water partition coefficient (Wildman–Crippen LogP) is 3.08. The Labute approximate surface area is 178 Å². The van der Waals surface area contributed by atoms with E-state index in [-0.39, 0.29) is 12.1 Å². The average molecular weight is 413 g/mol. The number of fused-ring (bicyclic) bond motifs is 1. The van der Waals surface area contributed by atoms with Crippen molar-refractivity contribution in [3.8, 4) is 11.5 Å². The Kier molecular flexibility index (Phi) is 6.39. The zero-order chi connectivity index (χ0) is 21.1. The number of rotatable bonds is 7. The number of allylic oxidation sites excluding steroid dienone is 1. The standard InChI is InChI=1S/C23H32N4O3/c1-16(2)6-7-30-22-5-4-17(8-23(22)29-3)11-26-12-18-9-20(27-15-24-14-25-27)21(28)10-19(18)13-26/h4-6,8,14-15,18-21,28H,7,9-13H2,1-3H3/t18-,19+,20-,21-/m1/s1. The quantitative estimate of drug-likeness (QED) is 0.705. The molecule has 0 amide bonds. The lowest BCUT2D eigenvalue weighted by Gasteiger charge is -2.35. The van der Waals surface area contributed by atoms with Gasteiger partial charge in [0.05, 0.1) is 19.3 Å². The van der Waals surface area contributed by atoms with Crippen molar-refractivity contribution in [2.75, 3.05) is 26.8 Å². The third-order valence-electron chi connectivity index (χ3n) is 6.33. The first-order valence-corrected chi connectivity index (χ1v) is 10.7. The zero-order valence-electron chi connectivity index (χ0n) is 18.1. The highest BCUT2D eigenvalue weighted by atomic mass is 16.5. The molecule has 1 N–H and O–H groups in total. The third kappa shape index (κ3) is 4.68. The number of methoxy groups -OCH3 is 1. The highest BCUT2D eigenvalue weighted by molar-refractivity contribution is 5.43.